The monoisotopic (exact) mass is 334 g/mol. The quantitative estimate of drug-likeness (QED) is 0.872. The smallest absolute Gasteiger partial charge is 0.357 e. The number of amides is 1. The Balaban J connectivity index is 1.85. The minimum absolute atomic E-state index is 0.169. The number of anilines is 1. The first-order valence-corrected chi connectivity index (χ1v) is 6.58. The molecule has 102 valence electrons. The third-order valence-electron chi connectivity index (χ3n) is 2.32. The topological polar surface area (TPSA) is 68.3 Å². The number of esters is 1. The van der Waals surface area contributed by atoms with Gasteiger partial charge in [0.05, 0.1) is 0 Å². The van der Waals surface area contributed by atoms with E-state index in [2.05, 4.69) is 26.2 Å². The van der Waals surface area contributed by atoms with Crippen LogP contribution in [-0.4, -0.2) is 23.5 Å². The number of nitrogens with one attached hydrogen (secondary N) is 1. The van der Waals surface area contributed by atoms with Gasteiger partial charge in [-0.3, -0.25) is 4.79 Å². The lowest BCUT2D eigenvalue weighted by molar-refractivity contribution is -0.119. The summed E-state index contributed by atoms with van der Waals surface area (Å²) in [6.45, 7) is -0.359. The number of benzene rings is 1. The summed E-state index contributed by atoms with van der Waals surface area (Å²) in [6.07, 6.45) is 1.48. The minimum Gasteiger partial charge on any atom is -0.451 e. The van der Waals surface area contributed by atoms with Crippen molar-refractivity contribution in [2.24, 2.45) is 0 Å². The summed E-state index contributed by atoms with van der Waals surface area (Å²) in [4.78, 5) is 27.1. The molecule has 0 fully saturated rings. The second kappa shape index (κ2) is 6.81. The highest BCUT2D eigenvalue weighted by atomic mass is 79.9. The van der Waals surface area contributed by atoms with Gasteiger partial charge < -0.3 is 10.1 Å². The molecule has 0 spiro atoms. The summed E-state index contributed by atoms with van der Waals surface area (Å²) < 4.78 is 5.72. The second-order valence-corrected chi connectivity index (χ2v) is 4.77. The molecule has 6 heteroatoms. The number of hydrogen-bond donors (Lipinski definition) is 1. The van der Waals surface area contributed by atoms with E-state index in [1.165, 1.54) is 12.3 Å². The van der Waals surface area contributed by atoms with Gasteiger partial charge in [0.2, 0.25) is 0 Å². The van der Waals surface area contributed by atoms with Crippen LogP contribution in [0, 0.1) is 0 Å². The average molecular weight is 335 g/mol. The lowest BCUT2D eigenvalue weighted by atomic mass is 10.3. The molecule has 1 aromatic heterocycles. The molecule has 2 rings (SSSR count). The van der Waals surface area contributed by atoms with Gasteiger partial charge in [-0.25, -0.2) is 9.78 Å². The standard InChI is InChI=1S/C14H11BrN2O3/c15-10-4-3-5-11(8-10)17-13(18)9-20-14(19)12-6-1-2-7-16-12/h1-8H,9H2,(H,17,18). The van der Waals surface area contributed by atoms with Crippen molar-refractivity contribution in [3.05, 3.63) is 58.8 Å². The Hall–Kier alpha value is -2.21. The van der Waals surface area contributed by atoms with Gasteiger partial charge in [0.15, 0.2) is 6.61 Å². The third-order valence-corrected chi connectivity index (χ3v) is 2.81. The first kappa shape index (κ1) is 14.2. The highest BCUT2D eigenvalue weighted by Gasteiger charge is 2.10. The zero-order chi connectivity index (χ0) is 14.4. The first-order chi connectivity index (χ1) is 9.65. The van der Waals surface area contributed by atoms with Gasteiger partial charge in [0.25, 0.3) is 5.91 Å². The summed E-state index contributed by atoms with van der Waals surface area (Å²) in [5.41, 5.74) is 0.793. The number of pyridine rings is 1. The molecule has 0 radical (unpaired) electrons. The van der Waals surface area contributed by atoms with Gasteiger partial charge in [-0.1, -0.05) is 28.1 Å². The molecule has 0 aliphatic heterocycles. The Morgan fingerprint density at radius 1 is 1.20 bits per heavy atom. The lowest BCUT2D eigenvalue weighted by Gasteiger charge is -2.06. The number of nitrogens with zero attached hydrogens (tertiary/aromatic N) is 1. The van der Waals surface area contributed by atoms with Crippen LogP contribution in [-0.2, 0) is 9.53 Å². The van der Waals surface area contributed by atoms with Crippen LogP contribution in [0.25, 0.3) is 0 Å². The zero-order valence-corrected chi connectivity index (χ0v) is 12.0. The van der Waals surface area contributed by atoms with Gasteiger partial charge in [0, 0.05) is 16.4 Å². The molecule has 1 N–H and O–H groups in total. The highest BCUT2D eigenvalue weighted by molar-refractivity contribution is 9.10. The fraction of sp³-hybridized carbons (Fsp3) is 0.0714. The van der Waals surface area contributed by atoms with E-state index in [1.807, 2.05) is 6.07 Å². The van der Waals surface area contributed by atoms with Crippen LogP contribution < -0.4 is 5.32 Å². The number of carbonyl (C=O) groups excluding carboxylic acids is 2. The molecule has 0 saturated heterocycles. The first-order valence-electron chi connectivity index (χ1n) is 5.79. The second-order valence-electron chi connectivity index (χ2n) is 3.85. The van der Waals surface area contributed by atoms with E-state index in [-0.39, 0.29) is 12.3 Å². The van der Waals surface area contributed by atoms with Gasteiger partial charge in [-0.15, -0.1) is 0 Å². The lowest BCUT2D eigenvalue weighted by Crippen LogP contribution is -2.21. The molecule has 2 aromatic rings. The van der Waals surface area contributed by atoms with Crippen LogP contribution in [0.5, 0.6) is 0 Å². The zero-order valence-electron chi connectivity index (χ0n) is 10.4. The molecule has 0 aliphatic rings. The molecule has 20 heavy (non-hydrogen) atoms. The largest absolute Gasteiger partial charge is 0.451 e. The van der Waals surface area contributed by atoms with E-state index in [1.54, 1.807) is 30.3 Å². The Morgan fingerprint density at radius 3 is 2.75 bits per heavy atom. The Labute approximate surface area is 124 Å². The summed E-state index contributed by atoms with van der Waals surface area (Å²) in [7, 11) is 0. The summed E-state index contributed by atoms with van der Waals surface area (Å²) in [5, 5.41) is 2.62. The van der Waals surface area contributed by atoms with Crippen molar-refractivity contribution in [1.29, 1.82) is 0 Å². The maximum absolute atomic E-state index is 11.6. The van der Waals surface area contributed by atoms with Gasteiger partial charge in [-0.05, 0) is 30.3 Å². The van der Waals surface area contributed by atoms with Crippen LogP contribution in [0.15, 0.2) is 53.1 Å². The predicted octanol–water partition coefficient (Wildman–Crippen LogP) is 2.64. The van der Waals surface area contributed by atoms with Crippen molar-refractivity contribution in [2.45, 2.75) is 0 Å². The molecule has 1 heterocycles. The molecule has 0 saturated carbocycles. The Bertz CT molecular complexity index is 617. The molecule has 0 atom stereocenters. The van der Waals surface area contributed by atoms with Crippen molar-refractivity contribution in [2.75, 3.05) is 11.9 Å². The van der Waals surface area contributed by atoms with Crippen LogP contribution in [0.3, 0.4) is 0 Å². The molecule has 1 aromatic carbocycles. The Morgan fingerprint density at radius 2 is 2.05 bits per heavy atom. The summed E-state index contributed by atoms with van der Waals surface area (Å²) >= 11 is 3.30. The van der Waals surface area contributed by atoms with Crippen LogP contribution in [0.1, 0.15) is 10.5 Å². The number of ether oxygens (including phenoxy) is 1. The highest BCUT2D eigenvalue weighted by Crippen LogP contribution is 2.15. The average Bonchev–Trinajstić information content (AvgIpc) is 2.46. The molecule has 0 unspecified atom stereocenters. The molecule has 0 bridgehead atoms. The van der Waals surface area contributed by atoms with Crippen LogP contribution in [0.4, 0.5) is 5.69 Å². The van der Waals surface area contributed by atoms with Gasteiger partial charge in [0.1, 0.15) is 5.69 Å². The maximum atomic E-state index is 11.6. The van der Waals surface area contributed by atoms with Crippen molar-refractivity contribution < 1.29 is 14.3 Å². The van der Waals surface area contributed by atoms with Gasteiger partial charge >= 0.3 is 5.97 Å². The maximum Gasteiger partial charge on any atom is 0.357 e. The molecule has 0 aliphatic carbocycles. The van der Waals surface area contributed by atoms with E-state index in [0.29, 0.717) is 5.69 Å². The third kappa shape index (κ3) is 4.17. The molecule has 5 nitrogen and oxygen atoms in total. The summed E-state index contributed by atoms with van der Waals surface area (Å²) in [5.74, 6) is -1.04. The normalized spacial score (nSPS) is 9.85. The SMILES string of the molecule is O=C(COC(=O)c1ccccn1)Nc1cccc(Br)c1. The molecule has 1 amide bonds. The van der Waals surface area contributed by atoms with Gasteiger partial charge in [-0.2, -0.15) is 0 Å². The van der Waals surface area contributed by atoms with E-state index in [0.717, 1.165) is 4.47 Å². The van der Waals surface area contributed by atoms with Crippen molar-refractivity contribution in [1.82, 2.24) is 4.98 Å². The van der Waals surface area contributed by atoms with Crippen molar-refractivity contribution in [3.8, 4) is 0 Å². The van der Waals surface area contributed by atoms with Crippen LogP contribution >= 0.6 is 15.9 Å². The number of halogens is 1. The minimum atomic E-state index is -0.630. The number of hydrogen-bond acceptors (Lipinski definition) is 4. The number of aromatic nitrogens is 1. The van der Waals surface area contributed by atoms with Crippen molar-refractivity contribution in [3.63, 3.8) is 0 Å². The predicted molar refractivity (Wildman–Crippen MR) is 77.3 cm³/mol. The van der Waals surface area contributed by atoms with E-state index >= 15 is 0 Å². The fourth-order valence-corrected chi connectivity index (χ4v) is 1.85. The van der Waals surface area contributed by atoms with Crippen molar-refractivity contribution >= 4 is 33.5 Å². The van der Waals surface area contributed by atoms with E-state index in [9.17, 15) is 9.59 Å². The van der Waals surface area contributed by atoms with Crippen LogP contribution in [0.2, 0.25) is 0 Å². The number of rotatable bonds is 4. The number of carbonyl (C=O) groups is 2. The summed E-state index contributed by atoms with van der Waals surface area (Å²) in [6, 6.07) is 12.0. The molecular formula is C14H11BrN2O3. The van der Waals surface area contributed by atoms with E-state index in [4.69, 9.17) is 4.74 Å². The molecular weight excluding hydrogens is 324 g/mol. The fourth-order valence-electron chi connectivity index (χ4n) is 1.45. The Kier molecular flexibility index (Phi) is 4.84. The van der Waals surface area contributed by atoms with E-state index < -0.39 is 11.9 Å².